The van der Waals surface area contributed by atoms with Crippen molar-refractivity contribution < 1.29 is 9.53 Å². The van der Waals surface area contributed by atoms with E-state index in [0.29, 0.717) is 12.5 Å². The van der Waals surface area contributed by atoms with E-state index in [1.807, 2.05) is 19.0 Å². The normalized spacial score (nSPS) is 20.6. The average Bonchev–Trinajstić information content (AvgIpc) is 2.98. The van der Waals surface area contributed by atoms with Gasteiger partial charge in [-0.15, -0.1) is 0 Å². The number of hydrogen-bond acceptors (Lipinski definition) is 6. The predicted molar refractivity (Wildman–Crippen MR) is 111 cm³/mol. The van der Waals surface area contributed by atoms with Crippen LogP contribution in [0.2, 0.25) is 0 Å². The van der Waals surface area contributed by atoms with E-state index in [0.717, 1.165) is 44.7 Å². The fraction of sp³-hybridized carbons (Fsp3) is 0.667. The molecule has 0 radical (unpaired) electrons. The van der Waals surface area contributed by atoms with Crippen LogP contribution < -0.4 is 10.2 Å². The van der Waals surface area contributed by atoms with E-state index in [9.17, 15) is 4.79 Å². The maximum absolute atomic E-state index is 12.5. The summed E-state index contributed by atoms with van der Waals surface area (Å²) < 4.78 is 5.55. The lowest BCUT2D eigenvalue weighted by atomic mass is 9.87. The first kappa shape index (κ1) is 20.7. The molecule has 2 fully saturated rings. The van der Waals surface area contributed by atoms with Crippen molar-refractivity contribution in [1.29, 1.82) is 0 Å². The lowest BCUT2D eigenvalue weighted by Crippen LogP contribution is -2.58. The van der Waals surface area contributed by atoms with Crippen molar-refractivity contribution in [3.8, 4) is 0 Å². The Labute approximate surface area is 168 Å². The highest BCUT2D eigenvalue weighted by Crippen LogP contribution is 2.32. The van der Waals surface area contributed by atoms with E-state index in [4.69, 9.17) is 4.74 Å². The zero-order valence-corrected chi connectivity index (χ0v) is 17.2. The van der Waals surface area contributed by atoms with Crippen LogP contribution in [0.25, 0.3) is 6.08 Å². The van der Waals surface area contributed by atoms with Crippen molar-refractivity contribution in [3.05, 3.63) is 24.0 Å². The number of morpholine rings is 1. The number of rotatable bonds is 6. The number of anilines is 1. The van der Waals surface area contributed by atoms with Gasteiger partial charge in [-0.2, -0.15) is 0 Å². The van der Waals surface area contributed by atoms with Gasteiger partial charge in [0.15, 0.2) is 0 Å². The maximum atomic E-state index is 12.5. The van der Waals surface area contributed by atoms with Gasteiger partial charge >= 0.3 is 0 Å². The second-order valence-corrected chi connectivity index (χ2v) is 8.00. The molecule has 1 aliphatic heterocycles. The molecule has 0 atom stereocenters. The summed E-state index contributed by atoms with van der Waals surface area (Å²) in [6.45, 7) is 4.20. The first-order chi connectivity index (χ1) is 13.6. The van der Waals surface area contributed by atoms with Crippen molar-refractivity contribution in [1.82, 2.24) is 20.2 Å². The molecule has 154 valence electrons. The molecule has 7 nitrogen and oxygen atoms in total. The summed E-state index contributed by atoms with van der Waals surface area (Å²) in [5.74, 6) is 0.594. The van der Waals surface area contributed by atoms with Crippen LogP contribution in [0.1, 0.15) is 44.1 Å². The molecule has 0 bridgehead atoms. The second kappa shape index (κ2) is 9.98. The Morgan fingerprint density at radius 2 is 1.82 bits per heavy atom. The van der Waals surface area contributed by atoms with Gasteiger partial charge in [0.25, 0.3) is 0 Å². The summed E-state index contributed by atoms with van der Waals surface area (Å²) in [6, 6.07) is 0. The van der Waals surface area contributed by atoms with Gasteiger partial charge in [-0.3, -0.25) is 9.69 Å². The van der Waals surface area contributed by atoms with E-state index >= 15 is 0 Å². The van der Waals surface area contributed by atoms with E-state index in [1.165, 1.54) is 25.7 Å². The Morgan fingerprint density at radius 3 is 2.43 bits per heavy atom. The van der Waals surface area contributed by atoms with Crippen LogP contribution in [0.5, 0.6) is 0 Å². The predicted octanol–water partition coefficient (Wildman–Crippen LogP) is 2.10. The summed E-state index contributed by atoms with van der Waals surface area (Å²) in [7, 11) is 3.80. The van der Waals surface area contributed by atoms with Gasteiger partial charge in [-0.1, -0.05) is 25.7 Å². The van der Waals surface area contributed by atoms with Crippen molar-refractivity contribution in [2.45, 2.75) is 44.1 Å². The standard InChI is InChI=1S/C21H33N5O2/c1-25(2)20-22-15-18(16-23-20)7-8-19(27)24-17-21(9-5-3-4-6-10-21)26-11-13-28-14-12-26/h7-8,15-16H,3-6,9-14,17H2,1-2H3,(H,24,27)/b8-7+. The first-order valence-corrected chi connectivity index (χ1v) is 10.4. The minimum absolute atomic E-state index is 0.0615. The molecule has 0 unspecified atom stereocenters. The quantitative estimate of drug-likeness (QED) is 0.595. The van der Waals surface area contributed by atoms with Crippen molar-refractivity contribution in [2.24, 2.45) is 0 Å². The Hall–Kier alpha value is -1.99. The molecule has 1 saturated heterocycles. The monoisotopic (exact) mass is 387 g/mol. The Bertz CT molecular complexity index is 645. The minimum Gasteiger partial charge on any atom is -0.379 e. The van der Waals surface area contributed by atoms with Gasteiger partial charge in [-0.25, -0.2) is 9.97 Å². The van der Waals surface area contributed by atoms with Crippen molar-refractivity contribution in [2.75, 3.05) is 51.8 Å². The topological polar surface area (TPSA) is 70.6 Å². The van der Waals surface area contributed by atoms with Crippen LogP contribution in [0.4, 0.5) is 5.95 Å². The summed E-state index contributed by atoms with van der Waals surface area (Å²) >= 11 is 0. The molecule has 0 aromatic carbocycles. The van der Waals surface area contributed by atoms with Crippen molar-refractivity contribution >= 4 is 17.9 Å². The summed E-state index contributed by atoms with van der Waals surface area (Å²) in [6.07, 6.45) is 14.2. The van der Waals surface area contributed by atoms with Crippen molar-refractivity contribution in [3.63, 3.8) is 0 Å². The third-order valence-corrected chi connectivity index (χ3v) is 5.79. The average molecular weight is 388 g/mol. The highest BCUT2D eigenvalue weighted by Gasteiger charge is 2.37. The molecule has 7 heteroatoms. The van der Waals surface area contributed by atoms with Gasteiger partial charge in [0.1, 0.15) is 0 Å². The van der Waals surface area contributed by atoms with E-state index in [1.54, 1.807) is 24.5 Å². The first-order valence-electron chi connectivity index (χ1n) is 10.4. The third-order valence-electron chi connectivity index (χ3n) is 5.79. The summed E-state index contributed by atoms with van der Waals surface area (Å²) in [4.78, 5) is 25.4. The summed E-state index contributed by atoms with van der Waals surface area (Å²) in [5.41, 5.74) is 0.887. The van der Waals surface area contributed by atoms with Gasteiger partial charge in [0.05, 0.1) is 13.2 Å². The molecule has 2 heterocycles. The van der Waals surface area contributed by atoms with Gasteiger partial charge < -0.3 is 15.0 Å². The Balaban J connectivity index is 1.59. The number of amides is 1. The highest BCUT2D eigenvalue weighted by atomic mass is 16.5. The smallest absolute Gasteiger partial charge is 0.244 e. The van der Waals surface area contributed by atoms with Gasteiger partial charge in [0, 0.05) is 63.3 Å². The Morgan fingerprint density at radius 1 is 1.18 bits per heavy atom. The molecule has 1 aromatic heterocycles. The number of carbonyl (C=O) groups is 1. The van der Waals surface area contributed by atoms with E-state index in [-0.39, 0.29) is 11.4 Å². The molecule has 1 aliphatic carbocycles. The zero-order valence-electron chi connectivity index (χ0n) is 17.2. The second-order valence-electron chi connectivity index (χ2n) is 8.00. The molecule has 1 amide bonds. The number of ether oxygens (including phenoxy) is 1. The SMILES string of the molecule is CN(C)c1ncc(/C=C/C(=O)NCC2(N3CCOCC3)CCCCCC2)cn1. The van der Waals surface area contributed by atoms with Crippen LogP contribution in [0.15, 0.2) is 18.5 Å². The number of hydrogen-bond donors (Lipinski definition) is 1. The number of carbonyl (C=O) groups excluding carboxylic acids is 1. The summed E-state index contributed by atoms with van der Waals surface area (Å²) in [5, 5.41) is 3.16. The molecule has 3 rings (SSSR count). The van der Waals surface area contributed by atoms with Crippen LogP contribution in [-0.2, 0) is 9.53 Å². The van der Waals surface area contributed by atoms with Crippen LogP contribution in [-0.4, -0.2) is 73.3 Å². The fourth-order valence-corrected chi connectivity index (χ4v) is 4.16. The van der Waals surface area contributed by atoms with Gasteiger partial charge in [0.2, 0.25) is 11.9 Å². The number of nitrogens with one attached hydrogen (secondary N) is 1. The molecule has 2 aliphatic rings. The number of nitrogens with zero attached hydrogens (tertiary/aromatic N) is 4. The third kappa shape index (κ3) is 5.52. The van der Waals surface area contributed by atoms with Gasteiger partial charge in [-0.05, 0) is 18.9 Å². The molecular weight excluding hydrogens is 354 g/mol. The molecule has 1 saturated carbocycles. The fourth-order valence-electron chi connectivity index (χ4n) is 4.16. The van der Waals surface area contributed by atoms with E-state index < -0.39 is 0 Å². The number of aromatic nitrogens is 2. The maximum Gasteiger partial charge on any atom is 0.244 e. The highest BCUT2D eigenvalue weighted by molar-refractivity contribution is 5.91. The molecule has 1 N–H and O–H groups in total. The molecular formula is C21H33N5O2. The largest absolute Gasteiger partial charge is 0.379 e. The van der Waals surface area contributed by atoms with Crippen LogP contribution >= 0.6 is 0 Å². The lowest BCUT2D eigenvalue weighted by Gasteiger charge is -2.45. The Kier molecular flexibility index (Phi) is 7.39. The molecule has 28 heavy (non-hydrogen) atoms. The van der Waals surface area contributed by atoms with Crippen LogP contribution in [0, 0.1) is 0 Å². The lowest BCUT2D eigenvalue weighted by molar-refractivity contribution is -0.117. The van der Waals surface area contributed by atoms with E-state index in [2.05, 4.69) is 20.2 Å². The molecule has 0 spiro atoms. The van der Waals surface area contributed by atoms with Crippen LogP contribution in [0.3, 0.4) is 0 Å². The minimum atomic E-state index is -0.0615. The molecule has 1 aromatic rings. The zero-order chi connectivity index (χ0) is 19.8.